The molecule has 2 aromatic carbocycles. The molecule has 0 bridgehead atoms. The van der Waals surface area contributed by atoms with Crippen LogP contribution in [0.15, 0.2) is 60.9 Å². The Labute approximate surface area is 126 Å². The maximum atomic E-state index is 12.6. The van der Waals surface area contributed by atoms with E-state index in [1.54, 1.807) is 48.5 Å². The highest BCUT2D eigenvalue weighted by Crippen LogP contribution is 2.15. The third kappa shape index (κ3) is 2.76. The molecule has 0 fully saturated rings. The van der Waals surface area contributed by atoms with Gasteiger partial charge in [0, 0.05) is 11.1 Å². The zero-order valence-electron chi connectivity index (χ0n) is 11.5. The van der Waals surface area contributed by atoms with Gasteiger partial charge in [-0.25, -0.2) is 5.10 Å². The van der Waals surface area contributed by atoms with Crippen molar-refractivity contribution in [2.75, 3.05) is 5.32 Å². The molecule has 3 rings (SSSR count). The summed E-state index contributed by atoms with van der Waals surface area (Å²) in [7, 11) is 0. The van der Waals surface area contributed by atoms with Gasteiger partial charge in [0.05, 0.1) is 5.56 Å². The highest BCUT2D eigenvalue weighted by Gasteiger charge is 2.18. The van der Waals surface area contributed by atoms with Crippen molar-refractivity contribution in [1.82, 2.24) is 15.2 Å². The summed E-state index contributed by atoms with van der Waals surface area (Å²) >= 11 is 0. The van der Waals surface area contributed by atoms with Gasteiger partial charge in [-0.2, -0.15) is 10.1 Å². The van der Waals surface area contributed by atoms with Gasteiger partial charge in [0.15, 0.2) is 5.78 Å². The van der Waals surface area contributed by atoms with Crippen LogP contribution in [0.2, 0.25) is 0 Å². The third-order valence-corrected chi connectivity index (χ3v) is 3.10. The third-order valence-electron chi connectivity index (χ3n) is 3.10. The Morgan fingerprint density at radius 3 is 2.27 bits per heavy atom. The summed E-state index contributed by atoms with van der Waals surface area (Å²) in [6, 6.07) is 15.5. The van der Waals surface area contributed by atoms with Crippen LogP contribution in [0.5, 0.6) is 0 Å². The fourth-order valence-electron chi connectivity index (χ4n) is 2.06. The first-order chi connectivity index (χ1) is 10.8. The Kier molecular flexibility index (Phi) is 3.74. The number of hydrogen-bond acceptors (Lipinski definition) is 4. The molecule has 6 nitrogen and oxygen atoms in total. The monoisotopic (exact) mass is 292 g/mol. The van der Waals surface area contributed by atoms with Gasteiger partial charge < -0.3 is 0 Å². The first kappa shape index (κ1) is 13.7. The Bertz CT molecular complexity index is 798. The number of anilines is 1. The zero-order valence-corrected chi connectivity index (χ0v) is 11.5. The lowest BCUT2D eigenvalue weighted by Gasteiger charge is -2.08. The van der Waals surface area contributed by atoms with Crippen LogP contribution in [0.1, 0.15) is 26.3 Å². The zero-order chi connectivity index (χ0) is 15.4. The van der Waals surface area contributed by atoms with Crippen molar-refractivity contribution < 1.29 is 9.59 Å². The molecule has 22 heavy (non-hydrogen) atoms. The van der Waals surface area contributed by atoms with E-state index in [9.17, 15) is 9.59 Å². The smallest absolute Gasteiger partial charge is 0.258 e. The van der Waals surface area contributed by atoms with Crippen LogP contribution in [-0.2, 0) is 0 Å². The number of nitrogens with zero attached hydrogens (tertiary/aromatic N) is 2. The predicted octanol–water partition coefficient (Wildman–Crippen LogP) is 2.29. The second-order valence-electron chi connectivity index (χ2n) is 4.53. The highest BCUT2D eigenvalue weighted by molar-refractivity contribution is 6.17. The standard InChI is InChI=1S/C16H12N4O2/c21-14(11-6-2-1-3-7-11)12-8-4-5-9-13(12)15(22)19-16-17-10-18-20-16/h1-10H,(H2,17,18,19,20,22). The topological polar surface area (TPSA) is 87.7 Å². The normalized spacial score (nSPS) is 10.2. The Hall–Kier alpha value is -3.28. The molecular formula is C16H12N4O2. The van der Waals surface area contributed by atoms with Crippen molar-refractivity contribution >= 4 is 17.6 Å². The summed E-state index contributed by atoms with van der Waals surface area (Å²) < 4.78 is 0. The van der Waals surface area contributed by atoms with E-state index >= 15 is 0 Å². The van der Waals surface area contributed by atoms with E-state index in [0.717, 1.165) is 0 Å². The lowest BCUT2D eigenvalue weighted by Crippen LogP contribution is -2.17. The lowest BCUT2D eigenvalue weighted by molar-refractivity contribution is 0.0996. The summed E-state index contributed by atoms with van der Waals surface area (Å²) in [4.78, 5) is 28.7. The highest BCUT2D eigenvalue weighted by atomic mass is 16.2. The molecule has 0 saturated heterocycles. The number of nitrogens with one attached hydrogen (secondary N) is 2. The van der Waals surface area contributed by atoms with E-state index in [4.69, 9.17) is 0 Å². The summed E-state index contributed by atoms with van der Waals surface area (Å²) in [5.74, 6) is -0.396. The van der Waals surface area contributed by atoms with Crippen molar-refractivity contribution in [2.24, 2.45) is 0 Å². The van der Waals surface area contributed by atoms with Crippen LogP contribution >= 0.6 is 0 Å². The number of H-pyrrole nitrogens is 1. The molecular weight excluding hydrogens is 280 g/mol. The van der Waals surface area contributed by atoms with Crippen molar-refractivity contribution in [3.63, 3.8) is 0 Å². The van der Waals surface area contributed by atoms with Gasteiger partial charge in [-0.05, 0) is 6.07 Å². The van der Waals surface area contributed by atoms with Crippen LogP contribution in [-0.4, -0.2) is 26.9 Å². The van der Waals surface area contributed by atoms with E-state index in [-0.39, 0.29) is 17.3 Å². The number of carbonyl (C=O) groups excluding carboxylic acids is 2. The number of hydrogen-bond donors (Lipinski definition) is 2. The number of ketones is 1. The molecule has 1 aromatic heterocycles. The quantitative estimate of drug-likeness (QED) is 0.722. The van der Waals surface area contributed by atoms with Crippen molar-refractivity contribution in [3.8, 4) is 0 Å². The minimum absolute atomic E-state index is 0.205. The van der Waals surface area contributed by atoms with Gasteiger partial charge in [0.2, 0.25) is 5.95 Å². The Morgan fingerprint density at radius 1 is 0.909 bits per heavy atom. The number of carbonyl (C=O) groups is 2. The molecule has 0 aliphatic carbocycles. The maximum absolute atomic E-state index is 12.6. The number of benzene rings is 2. The van der Waals surface area contributed by atoms with Crippen LogP contribution in [0.3, 0.4) is 0 Å². The lowest BCUT2D eigenvalue weighted by atomic mass is 9.98. The number of aromatic amines is 1. The van der Waals surface area contributed by atoms with Crippen LogP contribution in [0.25, 0.3) is 0 Å². The first-order valence-corrected chi connectivity index (χ1v) is 6.61. The van der Waals surface area contributed by atoms with Crippen molar-refractivity contribution in [3.05, 3.63) is 77.6 Å². The number of aromatic nitrogens is 3. The largest absolute Gasteiger partial charge is 0.291 e. The SMILES string of the molecule is O=C(Nc1ncn[nH]1)c1ccccc1C(=O)c1ccccc1. The van der Waals surface area contributed by atoms with E-state index in [2.05, 4.69) is 20.5 Å². The summed E-state index contributed by atoms with van der Waals surface area (Å²) in [6.45, 7) is 0. The fourth-order valence-corrected chi connectivity index (χ4v) is 2.06. The number of rotatable bonds is 4. The molecule has 1 heterocycles. The van der Waals surface area contributed by atoms with Gasteiger partial charge in [-0.15, -0.1) is 0 Å². The van der Waals surface area contributed by atoms with E-state index in [1.165, 1.54) is 6.33 Å². The molecule has 0 spiro atoms. The van der Waals surface area contributed by atoms with Crippen LogP contribution in [0, 0.1) is 0 Å². The van der Waals surface area contributed by atoms with Gasteiger partial charge in [0.1, 0.15) is 6.33 Å². The minimum atomic E-state index is -0.420. The fraction of sp³-hybridized carbons (Fsp3) is 0. The average Bonchev–Trinajstić information content (AvgIpc) is 3.08. The van der Waals surface area contributed by atoms with Crippen molar-refractivity contribution in [2.45, 2.75) is 0 Å². The molecule has 1 amide bonds. The van der Waals surface area contributed by atoms with Gasteiger partial charge >= 0.3 is 0 Å². The van der Waals surface area contributed by atoms with Crippen LogP contribution in [0.4, 0.5) is 5.95 Å². The molecule has 2 N–H and O–H groups in total. The molecule has 0 atom stereocenters. The molecule has 6 heteroatoms. The predicted molar refractivity (Wildman–Crippen MR) is 80.7 cm³/mol. The summed E-state index contributed by atoms with van der Waals surface area (Å²) in [6.07, 6.45) is 1.29. The van der Waals surface area contributed by atoms with E-state index in [1.807, 2.05) is 6.07 Å². The summed E-state index contributed by atoms with van der Waals surface area (Å²) in [5, 5.41) is 8.76. The Morgan fingerprint density at radius 2 is 1.59 bits per heavy atom. The van der Waals surface area contributed by atoms with Gasteiger partial charge in [0.25, 0.3) is 5.91 Å². The second-order valence-corrected chi connectivity index (χ2v) is 4.53. The van der Waals surface area contributed by atoms with E-state index in [0.29, 0.717) is 11.1 Å². The van der Waals surface area contributed by atoms with Gasteiger partial charge in [-0.1, -0.05) is 48.5 Å². The molecule has 3 aromatic rings. The second kappa shape index (κ2) is 6.01. The molecule has 0 unspecified atom stereocenters. The summed E-state index contributed by atoms with van der Waals surface area (Å²) in [5.41, 5.74) is 1.15. The van der Waals surface area contributed by atoms with E-state index < -0.39 is 5.91 Å². The molecule has 0 saturated carbocycles. The average molecular weight is 292 g/mol. The van der Waals surface area contributed by atoms with Crippen LogP contribution < -0.4 is 5.32 Å². The molecule has 0 aliphatic rings. The molecule has 108 valence electrons. The Balaban J connectivity index is 1.93. The maximum Gasteiger partial charge on any atom is 0.258 e. The molecule has 0 aliphatic heterocycles. The minimum Gasteiger partial charge on any atom is -0.291 e. The molecule has 0 radical (unpaired) electrons. The first-order valence-electron chi connectivity index (χ1n) is 6.61. The van der Waals surface area contributed by atoms with Crippen molar-refractivity contribution in [1.29, 1.82) is 0 Å². The van der Waals surface area contributed by atoms with Gasteiger partial charge in [-0.3, -0.25) is 14.9 Å². The number of amides is 1.